The molecule has 0 saturated heterocycles. The first-order chi connectivity index (χ1) is 6.66. The maximum atomic E-state index is 5.76. The number of benzene rings is 1. The van der Waals surface area contributed by atoms with E-state index in [1.54, 1.807) is 0 Å². The van der Waals surface area contributed by atoms with E-state index in [0.717, 1.165) is 18.8 Å². The summed E-state index contributed by atoms with van der Waals surface area (Å²) >= 11 is 0. The summed E-state index contributed by atoms with van der Waals surface area (Å²) in [6, 6.07) is 6.67. The van der Waals surface area contributed by atoms with Crippen molar-refractivity contribution in [3.63, 3.8) is 0 Å². The van der Waals surface area contributed by atoms with Crippen LogP contribution in [0.1, 0.15) is 30.9 Å². The Bertz CT molecular complexity index is 333. The summed E-state index contributed by atoms with van der Waals surface area (Å²) in [7, 11) is 0. The van der Waals surface area contributed by atoms with Crippen LogP contribution in [0.25, 0.3) is 0 Å². The molecule has 0 amide bonds. The van der Waals surface area contributed by atoms with Crippen molar-refractivity contribution in [3.05, 3.63) is 29.3 Å². The Morgan fingerprint density at radius 1 is 1.57 bits per heavy atom. The van der Waals surface area contributed by atoms with Crippen LogP contribution in [-0.2, 0) is 6.42 Å². The number of fused-ring (bicyclic) bond motifs is 1. The van der Waals surface area contributed by atoms with Crippen LogP contribution in [0.15, 0.2) is 18.2 Å². The molecule has 2 nitrogen and oxygen atoms in total. The van der Waals surface area contributed by atoms with Gasteiger partial charge in [0.2, 0.25) is 0 Å². The molecule has 0 saturated carbocycles. The Hall–Kier alpha value is -1.02. The molecule has 0 fully saturated rings. The van der Waals surface area contributed by atoms with Crippen molar-refractivity contribution in [2.45, 2.75) is 32.2 Å². The first kappa shape index (κ1) is 9.53. The fourth-order valence-electron chi connectivity index (χ4n) is 1.91. The Morgan fingerprint density at radius 2 is 2.36 bits per heavy atom. The molecule has 0 radical (unpaired) electrons. The summed E-state index contributed by atoms with van der Waals surface area (Å²) in [5.74, 6) is 1.59. The van der Waals surface area contributed by atoms with Crippen LogP contribution in [0, 0.1) is 0 Å². The van der Waals surface area contributed by atoms with Gasteiger partial charge < -0.3 is 10.5 Å². The summed E-state index contributed by atoms with van der Waals surface area (Å²) in [6.45, 7) is 5.03. The van der Waals surface area contributed by atoms with Gasteiger partial charge in [0.15, 0.2) is 0 Å². The zero-order valence-corrected chi connectivity index (χ0v) is 8.79. The lowest BCUT2D eigenvalue weighted by molar-refractivity contribution is 0.337. The van der Waals surface area contributed by atoms with Gasteiger partial charge in [-0.25, -0.2) is 0 Å². The fourth-order valence-corrected chi connectivity index (χ4v) is 1.91. The van der Waals surface area contributed by atoms with Gasteiger partial charge in [-0.15, -0.1) is 0 Å². The summed E-state index contributed by atoms with van der Waals surface area (Å²) in [4.78, 5) is 0. The molecule has 2 unspecified atom stereocenters. The zero-order chi connectivity index (χ0) is 10.1. The van der Waals surface area contributed by atoms with E-state index < -0.39 is 0 Å². The molecule has 1 aromatic rings. The topological polar surface area (TPSA) is 35.2 Å². The second-order valence-electron chi connectivity index (χ2n) is 4.27. The predicted octanol–water partition coefficient (Wildman–Crippen LogP) is 2.07. The van der Waals surface area contributed by atoms with Gasteiger partial charge in [-0.05, 0) is 25.0 Å². The van der Waals surface area contributed by atoms with Crippen LogP contribution < -0.4 is 10.5 Å². The minimum Gasteiger partial charge on any atom is -0.493 e. The monoisotopic (exact) mass is 191 g/mol. The Morgan fingerprint density at radius 3 is 3.07 bits per heavy atom. The van der Waals surface area contributed by atoms with E-state index in [1.165, 1.54) is 11.1 Å². The van der Waals surface area contributed by atoms with Gasteiger partial charge in [0, 0.05) is 17.5 Å². The van der Waals surface area contributed by atoms with E-state index in [2.05, 4.69) is 25.1 Å². The lowest BCUT2D eigenvalue weighted by atomic mass is 10.00. The summed E-state index contributed by atoms with van der Waals surface area (Å²) in [5.41, 5.74) is 8.36. The Kier molecular flexibility index (Phi) is 2.46. The van der Waals surface area contributed by atoms with Gasteiger partial charge in [0.05, 0.1) is 6.61 Å². The molecule has 0 aliphatic carbocycles. The maximum Gasteiger partial charge on any atom is 0.123 e. The Balaban J connectivity index is 2.24. The van der Waals surface area contributed by atoms with Gasteiger partial charge in [-0.2, -0.15) is 0 Å². The van der Waals surface area contributed by atoms with Crippen LogP contribution in [0.3, 0.4) is 0 Å². The van der Waals surface area contributed by atoms with Crippen molar-refractivity contribution in [2.75, 3.05) is 6.61 Å². The molecule has 2 N–H and O–H groups in total. The third-order valence-corrected chi connectivity index (χ3v) is 2.66. The highest BCUT2D eigenvalue weighted by molar-refractivity contribution is 5.42. The zero-order valence-electron chi connectivity index (χ0n) is 8.79. The standard InChI is InChI=1S/C12H17NO/c1-8-7-14-12-6-10(5-9(2)13)3-4-11(8)12/h3-4,6,8-9H,5,7,13H2,1-2H3. The molecule has 1 aliphatic heterocycles. The molecular formula is C12H17NO. The van der Waals surface area contributed by atoms with Gasteiger partial charge in [-0.3, -0.25) is 0 Å². The molecule has 2 rings (SSSR count). The molecule has 1 aliphatic rings. The molecule has 2 heteroatoms. The SMILES string of the molecule is CC(N)Cc1ccc2c(c1)OCC2C. The van der Waals surface area contributed by atoms with Crippen LogP contribution in [-0.4, -0.2) is 12.6 Å². The van der Waals surface area contributed by atoms with Crippen molar-refractivity contribution in [1.29, 1.82) is 0 Å². The molecule has 2 atom stereocenters. The van der Waals surface area contributed by atoms with Crippen molar-refractivity contribution in [3.8, 4) is 5.75 Å². The molecule has 76 valence electrons. The molecule has 1 aromatic carbocycles. The lowest BCUT2D eigenvalue weighted by Gasteiger charge is -2.07. The first-order valence-corrected chi connectivity index (χ1v) is 5.18. The maximum absolute atomic E-state index is 5.76. The number of nitrogens with two attached hydrogens (primary N) is 1. The normalized spacial score (nSPS) is 21.5. The smallest absolute Gasteiger partial charge is 0.123 e. The molecule has 14 heavy (non-hydrogen) atoms. The van der Waals surface area contributed by atoms with Gasteiger partial charge in [-0.1, -0.05) is 19.1 Å². The summed E-state index contributed by atoms with van der Waals surface area (Å²) in [5, 5.41) is 0. The molecule has 1 heterocycles. The van der Waals surface area contributed by atoms with Crippen LogP contribution in [0.5, 0.6) is 5.75 Å². The van der Waals surface area contributed by atoms with Crippen molar-refractivity contribution in [2.24, 2.45) is 5.73 Å². The Labute approximate surface area is 85.1 Å². The molecular weight excluding hydrogens is 174 g/mol. The third-order valence-electron chi connectivity index (χ3n) is 2.66. The second kappa shape index (κ2) is 3.62. The van der Waals surface area contributed by atoms with E-state index in [0.29, 0.717) is 5.92 Å². The second-order valence-corrected chi connectivity index (χ2v) is 4.27. The molecule has 0 bridgehead atoms. The van der Waals surface area contributed by atoms with Crippen molar-refractivity contribution < 1.29 is 4.74 Å². The average Bonchev–Trinajstić information content (AvgIpc) is 2.46. The largest absolute Gasteiger partial charge is 0.493 e. The summed E-state index contributed by atoms with van der Waals surface area (Å²) in [6.07, 6.45) is 0.922. The first-order valence-electron chi connectivity index (χ1n) is 5.18. The predicted molar refractivity (Wildman–Crippen MR) is 57.7 cm³/mol. The number of rotatable bonds is 2. The van der Waals surface area contributed by atoms with E-state index >= 15 is 0 Å². The fraction of sp³-hybridized carbons (Fsp3) is 0.500. The summed E-state index contributed by atoms with van der Waals surface area (Å²) < 4.78 is 5.59. The van der Waals surface area contributed by atoms with Crippen molar-refractivity contribution in [1.82, 2.24) is 0 Å². The number of hydrogen-bond donors (Lipinski definition) is 1. The van der Waals surface area contributed by atoms with E-state index in [1.807, 2.05) is 6.92 Å². The van der Waals surface area contributed by atoms with E-state index in [9.17, 15) is 0 Å². The molecule has 0 aromatic heterocycles. The van der Waals surface area contributed by atoms with E-state index in [-0.39, 0.29) is 6.04 Å². The van der Waals surface area contributed by atoms with Crippen LogP contribution >= 0.6 is 0 Å². The van der Waals surface area contributed by atoms with Gasteiger partial charge >= 0.3 is 0 Å². The average molecular weight is 191 g/mol. The minimum atomic E-state index is 0.215. The highest BCUT2D eigenvalue weighted by Gasteiger charge is 2.19. The molecule has 0 spiro atoms. The lowest BCUT2D eigenvalue weighted by Crippen LogP contribution is -2.17. The number of hydrogen-bond acceptors (Lipinski definition) is 2. The quantitative estimate of drug-likeness (QED) is 0.776. The van der Waals surface area contributed by atoms with Gasteiger partial charge in [0.25, 0.3) is 0 Å². The minimum absolute atomic E-state index is 0.215. The highest BCUT2D eigenvalue weighted by atomic mass is 16.5. The van der Waals surface area contributed by atoms with E-state index in [4.69, 9.17) is 10.5 Å². The third kappa shape index (κ3) is 1.75. The van der Waals surface area contributed by atoms with Crippen LogP contribution in [0.2, 0.25) is 0 Å². The highest BCUT2D eigenvalue weighted by Crippen LogP contribution is 2.34. The number of ether oxygens (including phenoxy) is 1. The van der Waals surface area contributed by atoms with Crippen LogP contribution in [0.4, 0.5) is 0 Å². The van der Waals surface area contributed by atoms with Gasteiger partial charge in [0.1, 0.15) is 5.75 Å². The van der Waals surface area contributed by atoms with Crippen molar-refractivity contribution >= 4 is 0 Å².